The lowest BCUT2D eigenvalue weighted by molar-refractivity contribution is -0.122. The van der Waals surface area contributed by atoms with Gasteiger partial charge in [0.25, 0.3) is 0 Å². The van der Waals surface area contributed by atoms with Crippen LogP contribution in [-0.2, 0) is 11.2 Å². The summed E-state index contributed by atoms with van der Waals surface area (Å²) in [6.07, 6.45) is 5.26. The Morgan fingerprint density at radius 3 is 2.27 bits per heavy atom. The number of carbonyl (C=O) groups is 2. The summed E-state index contributed by atoms with van der Waals surface area (Å²) >= 11 is 6.41. The first kappa shape index (κ1) is 22.5. The van der Waals surface area contributed by atoms with Crippen molar-refractivity contribution < 1.29 is 9.59 Å². The zero-order valence-corrected chi connectivity index (χ0v) is 18.6. The quantitative estimate of drug-likeness (QED) is 0.610. The summed E-state index contributed by atoms with van der Waals surface area (Å²) in [5.41, 5.74) is 1.89. The van der Waals surface area contributed by atoms with Crippen LogP contribution in [0, 0.1) is 0 Å². The average molecular weight is 427 g/mol. The van der Waals surface area contributed by atoms with Crippen LogP contribution in [0.3, 0.4) is 0 Å². The van der Waals surface area contributed by atoms with Gasteiger partial charge in [0, 0.05) is 35.0 Å². The fourth-order valence-corrected chi connectivity index (χ4v) is 4.58. The number of nitrogens with one attached hydrogen (secondary N) is 1. The van der Waals surface area contributed by atoms with E-state index in [-0.39, 0.29) is 36.1 Å². The maximum Gasteiger partial charge on any atom is 0.220 e. The molecule has 30 heavy (non-hydrogen) atoms. The number of carbonyl (C=O) groups excluding carboxylic acids is 2. The van der Waals surface area contributed by atoms with E-state index in [1.165, 1.54) is 5.56 Å². The topological polar surface area (TPSA) is 49.4 Å². The summed E-state index contributed by atoms with van der Waals surface area (Å²) < 4.78 is 0. The summed E-state index contributed by atoms with van der Waals surface area (Å²) in [7, 11) is 4.26. The van der Waals surface area contributed by atoms with Crippen LogP contribution in [0.1, 0.15) is 54.4 Å². The number of hydrogen-bond donors (Lipinski definition) is 1. The Balaban J connectivity index is 1.50. The van der Waals surface area contributed by atoms with Crippen molar-refractivity contribution in [2.24, 2.45) is 0 Å². The number of amides is 1. The molecular formula is C25H31ClN2O2. The second-order valence-corrected chi connectivity index (χ2v) is 8.93. The highest BCUT2D eigenvalue weighted by Crippen LogP contribution is 2.36. The Bertz CT molecular complexity index is 858. The fraction of sp³-hybridized carbons (Fsp3) is 0.440. The monoisotopic (exact) mass is 426 g/mol. The molecule has 1 amide bonds. The molecule has 4 nitrogen and oxygen atoms in total. The van der Waals surface area contributed by atoms with E-state index in [4.69, 9.17) is 11.6 Å². The van der Waals surface area contributed by atoms with E-state index in [1.54, 1.807) is 12.1 Å². The molecule has 2 aromatic rings. The van der Waals surface area contributed by atoms with Crippen molar-refractivity contribution in [2.45, 2.75) is 56.5 Å². The third-order valence-electron chi connectivity index (χ3n) is 6.38. The van der Waals surface area contributed by atoms with Gasteiger partial charge in [-0.1, -0.05) is 60.1 Å². The van der Waals surface area contributed by atoms with Crippen molar-refractivity contribution in [3.05, 3.63) is 70.7 Å². The number of halogens is 1. The predicted octanol–water partition coefficient (Wildman–Crippen LogP) is 4.90. The third-order valence-corrected chi connectivity index (χ3v) is 6.75. The van der Waals surface area contributed by atoms with E-state index >= 15 is 0 Å². The largest absolute Gasteiger partial charge is 0.353 e. The highest BCUT2D eigenvalue weighted by atomic mass is 35.5. The molecule has 1 N–H and O–H groups in total. The Hall–Kier alpha value is -2.17. The van der Waals surface area contributed by atoms with Gasteiger partial charge in [0.1, 0.15) is 0 Å². The van der Waals surface area contributed by atoms with Gasteiger partial charge in [-0.3, -0.25) is 9.59 Å². The zero-order chi connectivity index (χ0) is 21.6. The molecule has 0 heterocycles. The molecule has 2 aromatic carbocycles. The van der Waals surface area contributed by atoms with Gasteiger partial charge < -0.3 is 10.2 Å². The van der Waals surface area contributed by atoms with Crippen molar-refractivity contribution in [3.8, 4) is 0 Å². The van der Waals surface area contributed by atoms with Gasteiger partial charge in [0.2, 0.25) is 5.91 Å². The van der Waals surface area contributed by atoms with Gasteiger partial charge in [-0.05, 0) is 57.8 Å². The zero-order valence-electron chi connectivity index (χ0n) is 17.9. The van der Waals surface area contributed by atoms with Crippen molar-refractivity contribution in [1.29, 1.82) is 0 Å². The van der Waals surface area contributed by atoms with Crippen LogP contribution in [0.2, 0.25) is 5.02 Å². The standard InChI is InChI=1S/C25H31ClN2O2/c1-28(2)25(18-20-10-6-7-11-22(20)26)16-14-21(15-17-25)27-24(30)13-12-23(29)19-8-4-3-5-9-19/h3-11,21H,12-18H2,1-2H3,(H,27,30). The molecule has 0 aliphatic heterocycles. The van der Waals surface area contributed by atoms with E-state index in [0.29, 0.717) is 5.56 Å². The molecule has 0 saturated heterocycles. The van der Waals surface area contributed by atoms with Crippen LogP contribution in [-0.4, -0.2) is 42.3 Å². The number of rotatable bonds is 8. The van der Waals surface area contributed by atoms with Crippen LogP contribution in [0.5, 0.6) is 0 Å². The second-order valence-electron chi connectivity index (χ2n) is 8.52. The van der Waals surface area contributed by atoms with Gasteiger partial charge in [-0.15, -0.1) is 0 Å². The van der Waals surface area contributed by atoms with Crippen molar-refractivity contribution in [1.82, 2.24) is 10.2 Å². The lowest BCUT2D eigenvalue weighted by Crippen LogP contribution is -2.52. The molecule has 5 heteroatoms. The summed E-state index contributed by atoms with van der Waals surface area (Å²) in [4.78, 5) is 26.9. The Labute approximate surface area is 184 Å². The van der Waals surface area contributed by atoms with Crippen LogP contribution >= 0.6 is 11.6 Å². The average Bonchev–Trinajstić information content (AvgIpc) is 2.75. The fourth-order valence-electron chi connectivity index (χ4n) is 4.37. The van der Waals surface area contributed by atoms with Gasteiger partial charge >= 0.3 is 0 Å². The molecule has 0 atom stereocenters. The molecule has 3 rings (SSSR count). The van der Waals surface area contributed by atoms with Gasteiger partial charge in [0.05, 0.1) is 0 Å². The van der Waals surface area contributed by atoms with Crippen molar-refractivity contribution in [2.75, 3.05) is 14.1 Å². The van der Waals surface area contributed by atoms with Gasteiger partial charge in [-0.2, -0.15) is 0 Å². The highest BCUT2D eigenvalue weighted by Gasteiger charge is 2.38. The first-order chi connectivity index (χ1) is 14.4. The number of ketones is 1. The van der Waals surface area contributed by atoms with Crippen molar-refractivity contribution >= 4 is 23.3 Å². The number of hydrogen-bond acceptors (Lipinski definition) is 3. The predicted molar refractivity (Wildman–Crippen MR) is 122 cm³/mol. The minimum Gasteiger partial charge on any atom is -0.353 e. The van der Waals surface area contributed by atoms with E-state index in [0.717, 1.165) is 37.1 Å². The van der Waals surface area contributed by atoms with Crippen LogP contribution < -0.4 is 5.32 Å². The minimum atomic E-state index is -0.0345. The smallest absolute Gasteiger partial charge is 0.220 e. The van der Waals surface area contributed by atoms with Crippen molar-refractivity contribution in [3.63, 3.8) is 0 Å². The molecule has 1 aliphatic carbocycles. The number of nitrogens with zero attached hydrogens (tertiary/aromatic N) is 1. The normalized spacial score (nSPS) is 21.4. The molecule has 1 fully saturated rings. The molecule has 0 radical (unpaired) electrons. The molecule has 0 aromatic heterocycles. The van der Waals surface area contributed by atoms with E-state index in [1.807, 2.05) is 36.4 Å². The Morgan fingerprint density at radius 2 is 1.63 bits per heavy atom. The molecule has 1 aliphatic rings. The third kappa shape index (κ3) is 5.71. The first-order valence-corrected chi connectivity index (χ1v) is 11.1. The second kappa shape index (κ2) is 10.2. The summed E-state index contributed by atoms with van der Waals surface area (Å²) in [6.45, 7) is 0. The Morgan fingerprint density at radius 1 is 1.00 bits per heavy atom. The Kier molecular flexibility index (Phi) is 7.68. The molecule has 0 spiro atoms. The lowest BCUT2D eigenvalue weighted by Gasteiger charge is -2.45. The molecular weight excluding hydrogens is 396 g/mol. The highest BCUT2D eigenvalue weighted by molar-refractivity contribution is 6.31. The molecule has 1 saturated carbocycles. The lowest BCUT2D eigenvalue weighted by atomic mass is 9.74. The van der Waals surface area contributed by atoms with E-state index in [9.17, 15) is 9.59 Å². The maximum atomic E-state index is 12.4. The SMILES string of the molecule is CN(C)C1(Cc2ccccc2Cl)CCC(NC(=O)CCC(=O)c2ccccc2)CC1. The summed E-state index contributed by atoms with van der Waals surface area (Å²) in [5, 5.41) is 3.96. The molecule has 0 unspecified atom stereocenters. The first-order valence-electron chi connectivity index (χ1n) is 10.7. The van der Waals surface area contributed by atoms with Crippen LogP contribution in [0.25, 0.3) is 0 Å². The molecule has 0 bridgehead atoms. The van der Waals surface area contributed by atoms with Gasteiger partial charge in [-0.25, -0.2) is 0 Å². The number of Topliss-reactive ketones (excluding diaryl/α,β-unsaturated/α-hetero) is 1. The summed E-state index contributed by atoms with van der Waals surface area (Å²) in [6, 6.07) is 17.4. The molecule has 160 valence electrons. The van der Waals surface area contributed by atoms with Crippen LogP contribution in [0.15, 0.2) is 54.6 Å². The maximum absolute atomic E-state index is 12.4. The van der Waals surface area contributed by atoms with Gasteiger partial charge in [0.15, 0.2) is 5.78 Å². The number of benzene rings is 2. The summed E-state index contributed by atoms with van der Waals surface area (Å²) in [5.74, 6) is -0.0199. The van der Waals surface area contributed by atoms with E-state index < -0.39 is 0 Å². The number of likely N-dealkylation sites (N-methyl/N-ethyl adjacent to an activating group) is 1. The van der Waals surface area contributed by atoms with Crippen LogP contribution in [0.4, 0.5) is 0 Å². The minimum absolute atomic E-state index is 0.0146. The van der Waals surface area contributed by atoms with E-state index in [2.05, 4.69) is 30.4 Å².